The number of carbonyl (C=O) groups is 2. The van der Waals surface area contributed by atoms with E-state index in [4.69, 9.17) is 8.94 Å². The topological polar surface area (TPSA) is 131 Å². The molecule has 0 atom stereocenters. The molecule has 0 saturated heterocycles. The summed E-state index contributed by atoms with van der Waals surface area (Å²) in [4.78, 5) is 45.7. The van der Waals surface area contributed by atoms with Gasteiger partial charge in [-0.3, -0.25) is 14.4 Å². The lowest BCUT2D eigenvalue weighted by atomic mass is 10.0. The number of anilines is 2. The second-order valence-electron chi connectivity index (χ2n) is 11.9. The molecule has 48 heavy (non-hydrogen) atoms. The largest absolute Gasteiger partial charge is 0.451 e. The summed E-state index contributed by atoms with van der Waals surface area (Å²) in [5.74, 6) is -0.0164. The lowest BCUT2D eigenvalue weighted by molar-refractivity contribution is 0.0997. The van der Waals surface area contributed by atoms with Crippen LogP contribution < -0.4 is 16.1 Å². The zero-order valence-corrected chi connectivity index (χ0v) is 27.2. The first-order valence-electron chi connectivity index (χ1n) is 15.6. The van der Waals surface area contributed by atoms with E-state index in [0.29, 0.717) is 39.6 Å². The lowest BCUT2D eigenvalue weighted by Crippen LogP contribution is -2.21. The second kappa shape index (κ2) is 13.9. The zero-order valence-electron chi connectivity index (χ0n) is 27.2. The standard InChI is InChI=1S/C38H35N5O5/c1-23-19-31(32(20-24(23)2)41-37(46)35-21-33(44)30-7-5-6-8-34(30)47-35)36(45)40-29-15-11-26(12-16-29)17-18-43(4)22-27-9-13-28(14-10-27)38-39-25(3)42-48-38/h5-16,19-21H,17-18,22H2,1-4H3,(H,40,45)(H,41,46). The van der Waals surface area contributed by atoms with Crippen molar-refractivity contribution in [3.8, 4) is 11.5 Å². The van der Waals surface area contributed by atoms with Crippen LogP contribution in [0.25, 0.3) is 22.4 Å². The van der Waals surface area contributed by atoms with E-state index in [1.165, 1.54) is 5.56 Å². The third-order valence-electron chi connectivity index (χ3n) is 8.16. The number of likely N-dealkylation sites (N-methyl/N-ethyl adjacent to an activating group) is 1. The molecule has 0 aliphatic rings. The molecule has 10 heteroatoms. The molecule has 10 nitrogen and oxygen atoms in total. The van der Waals surface area contributed by atoms with Crippen LogP contribution in [0.2, 0.25) is 0 Å². The van der Waals surface area contributed by atoms with Crippen molar-refractivity contribution in [3.05, 3.63) is 141 Å². The molecule has 0 unspecified atom stereocenters. The zero-order chi connectivity index (χ0) is 33.8. The quantitative estimate of drug-likeness (QED) is 0.164. The third-order valence-corrected chi connectivity index (χ3v) is 8.16. The molecule has 0 aliphatic heterocycles. The Hall–Kier alpha value is -5.87. The van der Waals surface area contributed by atoms with Gasteiger partial charge in [0.2, 0.25) is 0 Å². The summed E-state index contributed by atoms with van der Waals surface area (Å²) in [6, 6.07) is 27.2. The molecule has 0 radical (unpaired) electrons. The normalized spacial score (nSPS) is 11.2. The summed E-state index contributed by atoms with van der Waals surface area (Å²) in [7, 11) is 2.08. The average Bonchev–Trinajstić information content (AvgIpc) is 3.52. The molecule has 6 aromatic rings. The van der Waals surface area contributed by atoms with Crippen molar-refractivity contribution >= 4 is 34.2 Å². The predicted octanol–water partition coefficient (Wildman–Crippen LogP) is 6.95. The van der Waals surface area contributed by atoms with E-state index in [1.54, 1.807) is 43.3 Å². The Morgan fingerprint density at radius 2 is 1.52 bits per heavy atom. The molecule has 0 bridgehead atoms. The highest BCUT2D eigenvalue weighted by molar-refractivity contribution is 6.12. The summed E-state index contributed by atoms with van der Waals surface area (Å²) < 4.78 is 10.9. The van der Waals surface area contributed by atoms with Crippen LogP contribution in [-0.2, 0) is 13.0 Å². The number of benzene rings is 4. The maximum atomic E-state index is 13.5. The highest BCUT2D eigenvalue weighted by Crippen LogP contribution is 2.24. The summed E-state index contributed by atoms with van der Waals surface area (Å²) in [5.41, 5.74) is 6.23. The van der Waals surface area contributed by atoms with Gasteiger partial charge in [-0.2, -0.15) is 4.98 Å². The molecule has 0 spiro atoms. The number of aryl methyl sites for hydroxylation is 3. The van der Waals surface area contributed by atoms with E-state index in [1.807, 2.05) is 50.2 Å². The number of carbonyl (C=O) groups excluding carboxylic acids is 2. The van der Waals surface area contributed by atoms with Crippen LogP contribution in [-0.4, -0.2) is 40.4 Å². The van der Waals surface area contributed by atoms with Gasteiger partial charge in [0.1, 0.15) is 5.58 Å². The van der Waals surface area contributed by atoms with Gasteiger partial charge in [0.05, 0.1) is 16.6 Å². The molecule has 2 heterocycles. The van der Waals surface area contributed by atoms with Gasteiger partial charge in [0.25, 0.3) is 17.7 Å². The SMILES string of the molecule is Cc1noc(-c2ccc(CN(C)CCc3ccc(NC(=O)c4cc(C)c(C)cc4NC(=O)c4cc(=O)c5ccccc5o4)cc3)cc2)n1. The van der Waals surface area contributed by atoms with Crippen LogP contribution in [0.3, 0.4) is 0 Å². The first kappa shape index (κ1) is 32.1. The van der Waals surface area contributed by atoms with Crippen LogP contribution in [0.5, 0.6) is 0 Å². The van der Waals surface area contributed by atoms with Crippen LogP contribution >= 0.6 is 0 Å². The van der Waals surface area contributed by atoms with Gasteiger partial charge in [-0.15, -0.1) is 0 Å². The molecule has 0 fully saturated rings. The Labute approximate surface area is 277 Å². The second-order valence-corrected chi connectivity index (χ2v) is 11.9. The van der Waals surface area contributed by atoms with E-state index in [9.17, 15) is 14.4 Å². The number of nitrogens with zero attached hydrogens (tertiary/aromatic N) is 3. The van der Waals surface area contributed by atoms with Crippen molar-refractivity contribution in [1.29, 1.82) is 0 Å². The van der Waals surface area contributed by atoms with Gasteiger partial charge in [0.15, 0.2) is 17.0 Å². The monoisotopic (exact) mass is 641 g/mol. The highest BCUT2D eigenvalue weighted by Gasteiger charge is 2.19. The average molecular weight is 642 g/mol. The predicted molar refractivity (Wildman–Crippen MR) is 185 cm³/mol. The number of para-hydroxylation sites is 1. The van der Waals surface area contributed by atoms with Gasteiger partial charge < -0.3 is 24.5 Å². The van der Waals surface area contributed by atoms with Crippen molar-refractivity contribution in [2.24, 2.45) is 0 Å². The minimum Gasteiger partial charge on any atom is -0.451 e. The smallest absolute Gasteiger partial charge is 0.291 e. The molecule has 2 aromatic heterocycles. The molecule has 6 rings (SSSR count). The van der Waals surface area contributed by atoms with Crippen molar-refractivity contribution in [2.45, 2.75) is 33.7 Å². The summed E-state index contributed by atoms with van der Waals surface area (Å²) >= 11 is 0. The number of hydrogen-bond donors (Lipinski definition) is 2. The molecule has 2 amide bonds. The first-order valence-corrected chi connectivity index (χ1v) is 15.6. The molecule has 2 N–H and O–H groups in total. The lowest BCUT2D eigenvalue weighted by Gasteiger charge is -2.17. The van der Waals surface area contributed by atoms with E-state index in [-0.39, 0.29) is 17.1 Å². The van der Waals surface area contributed by atoms with Crippen molar-refractivity contribution in [1.82, 2.24) is 15.0 Å². The summed E-state index contributed by atoms with van der Waals surface area (Å²) in [6.45, 7) is 7.23. The van der Waals surface area contributed by atoms with Crippen LogP contribution in [0.4, 0.5) is 11.4 Å². The maximum Gasteiger partial charge on any atom is 0.291 e. The van der Waals surface area contributed by atoms with Gasteiger partial charge >= 0.3 is 0 Å². The molecular weight excluding hydrogens is 606 g/mol. The first-order chi connectivity index (χ1) is 23.1. The summed E-state index contributed by atoms with van der Waals surface area (Å²) in [6.07, 6.45) is 0.836. The van der Waals surface area contributed by atoms with E-state index >= 15 is 0 Å². The van der Waals surface area contributed by atoms with Gasteiger partial charge in [0, 0.05) is 30.4 Å². The van der Waals surface area contributed by atoms with Crippen LogP contribution in [0.15, 0.2) is 105 Å². The minimum atomic E-state index is -0.625. The molecule has 0 aliphatic carbocycles. The van der Waals surface area contributed by atoms with Gasteiger partial charge in [-0.25, -0.2) is 0 Å². The number of fused-ring (bicyclic) bond motifs is 1. The van der Waals surface area contributed by atoms with Crippen molar-refractivity contribution < 1.29 is 18.5 Å². The van der Waals surface area contributed by atoms with E-state index < -0.39 is 5.91 Å². The Bertz CT molecular complexity index is 2170. The fourth-order valence-electron chi connectivity index (χ4n) is 5.34. The number of rotatable bonds is 10. The molecular formula is C38H35N5O5. The van der Waals surface area contributed by atoms with Gasteiger partial charge in [-0.05, 0) is 105 Å². The third kappa shape index (κ3) is 7.40. The molecule has 4 aromatic carbocycles. The minimum absolute atomic E-state index is 0.141. The van der Waals surface area contributed by atoms with Crippen molar-refractivity contribution in [3.63, 3.8) is 0 Å². The number of aromatic nitrogens is 2. The Morgan fingerprint density at radius 1 is 0.812 bits per heavy atom. The number of nitrogens with one attached hydrogen (secondary N) is 2. The highest BCUT2D eigenvalue weighted by atomic mass is 16.5. The fourth-order valence-corrected chi connectivity index (χ4v) is 5.34. The van der Waals surface area contributed by atoms with Crippen LogP contribution in [0.1, 0.15) is 49.0 Å². The van der Waals surface area contributed by atoms with Gasteiger partial charge in [-0.1, -0.05) is 41.6 Å². The van der Waals surface area contributed by atoms with Crippen LogP contribution in [0, 0.1) is 20.8 Å². The van der Waals surface area contributed by atoms with E-state index in [0.717, 1.165) is 47.8 Å². The Kier molecular flexibility index (Phi) is 9.26. The van der Waals surface area contributed by atoms with Crippen molar-refractivity contribution in [2.75, 3.05) is 24.2 Å². The number of hydrogen-bond acceptors (Lipinski definition) is 8. The molecule has 0 saturated carbocycles. The van der Waals surface area contributed by atoms with E-state index in [2.05, 4.69) is 44.9 Å². The Morgan fingerprint density at radius 3 is 2.25 bits per heavy atom. The Balaban J connectivity index is 1.07. The fraction of sp³-hybridized carbons (Fsp3) is 0.184. The maximum absolute atomic E-state index is 13.5. The molecule has 242 valence electrons. The summed E-state index contributed by atoms with van der Waals surface area (Å²) in [5, 5.41) is 9.95. The number of amides is 2.